The largest absolute Gasteiger partial charge is 0.496 e. The van der Waals surface area contributed by atoms with Crippen LogP contribution >= 0.6 is 0 Å². The van der Waals surface area contributed by atoms with E-state index >= 15 is 0 Å². The zero-order valence-corrected chi connectivity index (χ0v) is 10.5. The van der Waals surface area contributed by atoms with E-state index in [-0.39, 0.29) is 0 Å². The molecular weight excluding hydrogens is 212 g/mol. The Bertz CT molecular complexity index is 433. The van der Waals surface area contributed by atoms with E-state index < -0.39 is 5.60 Å². The van der Waals surface area contributed by atoms with Gasteiger partial charge in [0.2, 0.25) is 0 Å². The highest BCUT2D eigenvalue weighted by Crippen LogP contribution is 2.51. The number of hydrogen-bond acceptors (Lipinski definition) is 2. The van der Waals surface area contributed by atoms with E-state index in [1.54, 1.807) is 7.11 Å². The predicted molar refractivity (Wildman–Crippen MR) is 67.4 cm³/mol. The van der Waals surface area contributed by atoms with Crippen LogP contribution in [-0.4, -0.2) is 12.2 Å². The van der Waals surface area contributed by atoms with E-state index in [1.165, 1.54) is 30.4 Å². The molecule has 1 aromatic rings. The molecule has 3 rings (SSSR count). The van der Waals surface area contributed by atoms with Crippen LogP contribution in [0.1, 0.15) is 48.8 Å². The van der Waals surface area contributed by atoms with Gasteiger partial charge in [-0.1, -0.05) is 12.5 Å². The molecule has 0 atom stereocenters. The van der Waals surface area contributed by atoms with Crippen molar-refractivity contribution in [1.29, 1.82) is 0 Å². The van der Waals surface area contributed by atoms with Crippen molar-refractivity contribution in [2.45, 2.75) is 50.5 Å². The summed E-state index contributed by atoms with van der Waals surface area (Å²) in [6.45, 7) is 0. The zero-order chi connectivity index (χ0) is 11.9. The summed E-state index contributed by atoms with van der Waals surface area (Å²) >= 11 is 0. The summed E-state index contributed by atoms with van der Waals surface area (Å²) in [6.07, 6.45) is 7.85. The Labute approximate surface area is 103 Å². The molecule has 0 bridgehead atoms. The van der Waals surface area contributed by atoms with Crippen LogP contribution in [-0.2, 0) is 18.4 Å². The topological polar surface area (TPSA) is 29.5 Å². The maximum absolute atomic E-state index is 10.5. The fourth-order valence-corrected chi connectivity index (χ4v) is 3.03. The lowest BCUT2D eigenvalue weighted by Crippen LogP contribution is -2.12. The lowest BCUT2D eigenvalue weighted by Gasteiger charge is -2.20. The van der Waals surface area contributed by atoms with E-state index in [4.69, 9.17) is 4.74 Å². The van der Waals surface area contributed by atoms with E-state index in [0.29, 0.717) is 0 Å². The number of aryl methyl sites for hydroxylation is 1. The molecule has 92 valence electrons. The maximum Gasteiger partial charge on any atom is 0.125 e. The summed E-state index contributed by atoms with van der Waals surface area (Å²) in [5, 5.41) is 10.5. The Balaban J connectivity index is 2.14. The van der Waals surface area contributed by atoms with E-state index in [2.05, 4.69) is 6.07 Å². The number of hydrogen-bond donors (Lipinski definition) is 1. The average Bonchev–Trinajstić information content (AvgIpc) is 3.11. The highest BCUT2D eigenvalue weighted by Gasteiger charge is 2.46. The molecule has 2 heteroatoms. The summed E-state index contributed by atoms with van der Waals surface area (Å²) in [6, 6.07) is 4.23. The first-order valence-electron chi connectivity index (χ1n) is 6.66. The van der Waals surface area contributed by atoms with Gasteiger partial charge in [0.1, 0.15) is 5.75 Å². The molecule has 1 aromatic carbocycles. The van der Waals surface area contributed by atoms with Gasteiger partial charge in [0.25, 0.3) is 0 Å². The molecule has 0 spiro atoms. The fourth-order valence-electron chi connectivity index (χ4n) is 3.03. The number of methoxy groups -OCH3 is 1. The molecule has 0 heterocycles. The number of fused-ring (bicyclic) bond motifs is 1. The Kier molecular flexibility index (Phi) is 2.62. The minimum absolute atomic E-state index is 0.582. The molecule has 0 unspecified atom stereocenters. The minimum Gasteiger partial charge on any atom is -0.496 e. The third kappa shape index (κ3) is 1.85. The first-order valence-corrected chi connectivity index (χ1v) is 6.66. The third-order valence-corrected chi connectivity index (χ3v) is 4.15. The second-order valence-corrected chi connectivity index (χ2v) is 5.37. The molecule has 2 aliphatic rings. The molecule has 0 aromatic heterocycles. The van der Waals surface area contributed by atoms with Crippen molar-refractivity contribution in [2.75, 3.05) is 7.11 Å². The van der Waals surface area contributed by atoms with Gasteiger partial charge in [-0.15, -0.1) is 0 Å². The summed E-state index contributed by atoms with van der Waals surface area (Å²) in [5.74, 6) is 0.880. The van der Waals surface area contributed by atoms with Crippen molar-refractivity contribution in [1.82, 2.24) is 0 Å². The van der Waals surface area contributed by atoms with Gasteiger partial charge in [-0.3, -0.25) is 0 Å². The molecule has 0 aliphatic heterocycles. The van der Waals surface area contributed by atoms with Crippen LogP contribution in [0.25, 0.3) is 0 Å². The van der Waals surface area contributed by atoms with Crippen LogP contribution in [0.5, 0.6) is 5.75 Å². The second-order valence-electron chi connectivity index (χ2n) is 5.37. The van der Waals surface area contributed by atoms with Crippen molar-refractivity contribution >= 4 is 0 Å². The smallest absolute Gasteiger partial charge is 0.125 e. The van der Waals surface area contributed by atoms with Crippen LogP contribution in [0, 0.1) is 0 Å². The van der Waals surface area contributed by atoms with Crippen LogP contribution in [0.3, 0.4) is 0 Å². The summed E-state index contributed by atoms with van der Waals surface area (Å²) in [5.41, 5.74) is 3.32. The molecule has 2 aliphatic carbocycles. The van der Waals surface area contributed by atoms with Crippen molar-refractivity contribution in [3.05, 3.63) is 28.8 Å². The number of ether oxygens (including phenoxy) is 1. The fraction of sp³-hybridized carbons (Fsp3) is 0.600. The molecule has 0 amide bonds. The zero-order valence-electron chi connectivity index (χ0n) is 10.5. The van der Waals surface area contributed by atoms with Crippen molar-refractivity contribution < 1.29 is 9.84 Å². The lowest BCUT2D eigenvalue weighted by atomic mass is 9.92. The van der Waals surface area contributed by atoms with Gasteiger partial charge < -0.3 is 9.84 Å². The summed E-state index contributed by atoms with van der Waals surface area (Å²) in [7, 11) is 1.70. The normalized spacial score (nSPS) is 21.5. The van der Waals surface area contributed by atoms with E-state index in [9.17, 15) is 5.11 Å². The Morgan fingerprint density at radius 3 is 2.59 bits per heavy atom. The molecule has 1 saturated carbocycles. The number of aliphatic hydroxyl groups is 1. The van der Waals surface area contributed by atoms with Gasteiger partial charge >= 0.3 is 0 Å². The third-order valence-electron chi connectivity index (χ3n) is 4.15. The molecule has 0 saturated heterocycles. The van der Waals surface area contributed by atoms with Crippen LogP contribution in [0.4, 0.5) is 0 Å². The Morgan fingerprint density at radius 1 is 1.12 bits per heavy atom. The van der Waals surface area contributed by atoms with Gasteiger partial charge in [-0.25, -0.2) is 0 Å². The van der Waals surface area contributed by atoms with Crippen LogP contribution in [0.2, 0.25) is 0 Å². The monoisotopic (exact) mass is 232 g/mol. The molecule has 1 fully saturated rings. The van der Waals surface area contributed by atoms with Gasteiger partial charge in [0.15, 0.2) is 0 Å². The standard InChI is InChI=1S/C15H20O2/c1-17-13-8-7-11-5-3-2-4-6-12(11)14(13)15(16)9-10-15/h7-8,16H,2-6,9-10H2,1H3. The molecule has 2 nitrogen and oxygen atoms in total. The van der Waals surface area contributed by atoms with E-state index in [0.717, 1.165) is 37.0 Å². The highest BCUT2D eigenvalue weighted by molar-refractivity contribution is 5.51. The number of rotatable bonds is 2. The van der Waals surface area contributed by atoms with Gasteiger partial charge in [-0.05, 0) is 55.7 Å². The number of benzene rings is 1. The quantitative estimate of drug-likeness (QED) is 0.794. The van der Waals surface area contributed by atoms with Crippen molar-refractivity contribution in [3.8, 4) is 5.75 Å². The molecule has 0 radical (unpaired) electrons. The van der Waals surface area contributed by atoms with Gasteiger partial charge in [-0.2, -0.15) is 0 Å². The molecular formula is C15H20O2. The maximum atomic E-state index is 10.5. The van der Waals surface area contributed by atoms with Crippen LogP contribution in [0.15, 0.2) is 12.1 Å². The lowest BCUT2D eigenvalue weighted by molar-refractivity contribution is 0.146. The van der Waals surface area contributed by atoms with Crippen molar-refractivity contribution in [3.63, 3.8) is 0 Å². The average molecular weight is 232 g/mol. The minimum atomic E-state index is -0.582. The molecule has 17 heavy (non-hydrogen) atoms. The van der Waals surface area contributed by atoms with E-state index in [1.807, 2.05) is 6.07 Å². The highest BCUT2D eigenvalue weighted by atomic mass is 16.5. The summed E-state index contributed by atoms with van der Waals surface area (Å²) < 4.78 is 5.46. The predicted octanol–water partition coefficient (Wildman–Crippen LogP) is 2.95. The summed E-state index contributed by atoms with van der Waals surface area (Å²) in [4.78, 5) is 0. The Morgan fingerprint density at radius 2 is 1.88 bits per heavy atom. The Hall–Kier alpha value is -1.02. The first kappa shape index (κ1) is 11.1. The SMILES string of the molecule is COc1ccc2c(c1C1(O)CC1)CCCCC2. The van der Waals surface area contributed by atoms with Gasteiger partial charge in [0.05, 0.1) is 12.7 Å². The molecule has 1 N–H and O–H groups in total. The van der Waals surface area contributed by atoms with Crippen LogP contribution < -0.4 is 4.74 Å². The second kappa shape index (κ2) is 4.02. The van der Waals surface area contributed by atoms with Crippen molar-refractivity contribution in [2.24, 2.45) is 0 Å². The first-order chi connectivity index (χ1) is 8.24. The van der Waals surface area contributed by atoms with Gasteiger partial charge in [0, 0.05) is 5.56 Å².